The number of hydrogen-bond acceptors (Lipinski definition) is 7. The second kappa shape index (κ2) is 11.3. The van der Waals surface area contributed by atoms with Gasteiger partial charge in [-0.25, -0.2) is 4.98 Å². The van der Waals surface area contributed by atoms with Gasteiger partial charge >= 0.3 is 0 Å². The second-order valence-corrected chi connectivity index (χ2v) is 8.71. The van der Waals surface area contributed by atoms with Gasteiger partial charge in [0.05, 0.1) is 26.0 Å². The van der Waals surface area contributed by atoms with Crippen molar-refractivity contribution >= 4 is 40.0 Å². The Labute approximate surface area is 220 Å². The summed E-state index contributed by atoms with van der Waals surface area (Å²) >= 11 is 5.43. The molecule has 0 aliphatic carbocycles. The summed E-state index contributed by atoms with van der Waals surface area (Å²) in [6.07, 6.45) is 0. The van der Waals surface area contributed by atoms with Crippen LogP contribution < -0.4 is 24.8 Å². The van der Waals surface area contributed by atoms with E-state index in [0.717, 1.165) is 22.2 Å². The first-order valence-electron chi connectivity index (χ1n) is 11.9. The third-order valence-electron chi connectivity index (χ3n) is 5.69. The first-order valence-corrected chi connectivity index (χ1v) is 12.3. The largest absolute Gasteiger partial charge is 0.495 e. The van der Waals surface area contributed by atoms with Crippen molar-refractivity contribution in [2.24, 2.45) is 0 Å². The molecule has 1 aromatic heterocycles. The Hall–Kier alpha value is -4.11. The lowest BCUT2D eigenvalue weighted by molar-refractivity contribution is 0.0976. The van der Waals surface area contributed by atoms with Crippen LogP contribution in [0.5, 0.6) is 17.2 Å². The predicted octanol–water partition coefficient (Wildman–Crippen LogP) is 6.04. The number of aromatic nitrogens is 1. The summed E-state index contributed by atoms with van der Waals surface area (Å²) in [5.74, 6) is 1.68. The number of ether oxygens (including phenoxy) is 3. The van der Waals surface area contributed by atoms with Gasteiger partial charge in [0.25, 0.3) is 5.91 Å². The molecule has 0 fully saturated rings. The van der Waals surface area contributed by atoms with Crippen molar-refractivity contribution < 1.29 is 23.4 Å². The van der Waals surface area contributed by atoms with E-state index < -0.39 is 5.91 Å². The van der Waals surface area contributed by atoms with E-state index in [1.807, 2.05) is 52.0 Å². The van der Waals surface area contributed by atoms with Crippen LogP contribution in [0.2, 0.25) is 0 Å². The highest BCUT2D eigenvalue weighted by molar-refractivity contribution is 7.80. The van der Waals surface area contributed by atoms with Crippen molar-refractivity contribution in [3.8, 4) is 28.7 Å². The van der Waals surface area contributed by atoms with Gasteiger partial charge in [0, 0.05) is 17.2 Å². The number of anilines is 1. The van der Waals surface area contributed by atoms with Gasteiger partial charge in [0.15, 0.2) is 10.7 Å². The zero-order valence-electron chi connectivity index (χ0n) is 21.4. The third-order valence-corrected chi connectivity index (χ3v) is 5.89. The molecular weight excluding hydrogens is 490 g/mol. The number of aryl methyl sites for hydroxylation is 2. The molecule has 0 spiro atoms. The van der Waals surface area contributed by atoms with Crippen LogP contribution in [0.1, 0.15) is 35.3 Å². The van der Waals surface area contributed by atoms with E-state index in [9.17, 15) is 4.79 Å². The molecule has 37 heavy (non-hydrogen) atoms. The number of nitrogens with zero attached hydrogens (tertiary/aromatic N) is 1. The average Bonchev–Trinajstić information content (AvgIpc) is 3.27. The van der Waals surface area contributed by atoms with Gasteiger partial charge < -0.3 is 23.9 Å². The maximum absolute atomic E-state index is 12.9. The lowest BCUT2D eigenvalue weighted by atomic mass is 10.1. The number of hydrogen-bond donors (Lipinski definition) is 2. The van der Waals surface area contributed by atoms with Crippen molar-refractivity contribution in [3.63, 3.8) is 0 Å². The van der Waals surface area contributed by atoms with Gasteiger partial charge in [-0.2, -0.15) is 0 Å². The van der Waals surface area contributed by atoms with Gasteiger partial charge in [-0.15, -0.1) is 0 Å². The number of nitrogens with one attached hydrogen (secondary N) is 2. The topological polar surface area (TPSA) is 94.9 Å². The van der Waals surface area contributed by atoms with E-state index in [1.165, 1.54) is 0 Å². The van der Waals surface area contributed by atoms with Crippen molar-refractivity contribution in [1.82, 2.24) is 10.3 Å². The Morgan fingerprint density at radius 3 is 2.30 bits per heavy atom. The van der Waals surface area contributed by atoms with Gasteiger partial charge in [0.2, 0.25) is 5.89 Å². The fraction of sp³-hybridized carbons (Fsp3) is 0.250. The number of rotatable bonds is 8. The zero-order chi connectivity index (χ0) is 26.5. The smallest absolute Gasteiger partial charge is 0.257 e. The molecule has 1 amide bonds. The molecule has 0 bridgehead atoms. The van der Waals surface area contributed by atoms with E-state index in [0.29, 0.717) is 53.2 Å². The fourth-order valence-electron chi connectivity index (χ4n) is 3.77. The molecule has 4 rings (SSSR count). The summed E-state index contributed by atoms with van der Waals surface area (Å²) < 4.78 is 22.6. The molecule has 0 aliphatic heterocycles. The van der Waals surface area contributed by atoms with Crippen LogP contribution in [0.4, 0.5) is 5.69 Å². The molecule has 1 heterocycles. The predicted molar refractivity (Wildman–Crippen MR) is 148 cm³/mol. The molecule has 2 N–H and O–H groups in total. The number of carbonyl (C=O) groups is 1. The van der Waals surface area contributed by atoms with Crippen molar-refractivity contribution in [2.75, 3.05) is 25.6 Å². The summed E-state index contributed by atoms with van der Waals surface area (Å²) in [6, 6.07) is 14.5. The fourth-order valence-corrected chi connectivity index (χ4v) is 3.98. The minimum atomic E-state index is -0.403. The first kappa shape index (κ1) is 26.0. The maximum atomic E-state index is 12.9. The summed E-state index contributed by atoms with van der Waals surface area (Å²) in [4.78, 5) is 17.6. The zero-order valence-corrected chi connectivity index (χ0v) is 22.2. The van der Waals surface area contributed by atoms with Crippen molar-refractivity contribution in [3.05, 3.63) is 65.2 Å². The van der Waals surface area contributed by atoms with E-state index >= 15 is 0 Å². The molecule has 0 saturated carbocycles. The van der Waals surface area contributed by atoms with Gasteiger partial charge in [-0.1, -0.05) is 0 Å². The molecule has 0 atom stereocenters. The van der Waals surface area contributed by atoms with Crippen LogP contribution in [0, 0.1) is 13.8 Å². The van der Waals surface area contributed by atoms with E-state index in [-0.39, 0.29) is 5.11 Å². The van der Waals surface area contributed by atoms with Crippen molar-refractivity contribution in [1.29, 1.82) is 0 Å². The minimum absolute atomic E-state index is 0.101. The van der Waals surface area contributed by atoms with E-state index in [2.05, 4.69) is 15.6 Å². The molecular formula is C28H29N3O5S. The molecule has 0 saturated heterocycles. The second-order valence-electron chi connectivity index (χ2n) is 8.31. The summed E-state index contributed by atoms with van der Waals surface area (Å²) in [7, 11) is 1.56. The standard InChI is InChI=1S/C28H29N3O5S/c1-6-34-20-12-19(13-21(15-20)35-7-2)26(32)31-28(37)30-23-14-18(8-9-24(23)33-5)27-29-22-10-16(3)17(4)11-25(22)36-27/h8-15H,6-7H2,1-5H3,(H2,30,31,32,37). The number of amides is 1. The lowest BCUT2D eigenvalue weighted by Gasteiger charge is -2.14. The normalized spacial score (nSPS) is 10.7. The average molecular weight is 520 g/mol. The SMILES string of the molecule is CCOc1cc(OCC)cc(C(=O)NC(=S)Nc2cc(-c3nc4cc(C)c(C)cc4o3)ccc2OC)c1. The molecule has 8 nitrogen and oxygen atoms in total. The number of thiocarbonyl (C=S) groups is 1. The van der Waals surface area contributed by atoms with E-state index in [1.54, 1.807) is 31.4 Å². The molecule has 0 aliphatic rings. The van der Waals surface area contributed by atoms with Crippen LogP contribution >= 0.6 is 12.2 Å². The Kier molecular flexibility index (Phi) is 7.93. The number of benzene rings is 3. The molecule has 192 valence electrons. The molecule has 0 radical (unpaired) electrons. The van der Waals surface area contributed by atoms with Crippen molar-refractivity contribution in [2.45, 2.75) is 27.7 Å². The van der Waals surface area contributed by atoms with Crippen LogP contribution in [-0.2, 0) is 0 Å². The Bertz CT molecular complexity index is 1400. The van der Waals surface area contributed by atoms with Crippen LogP contribution in [0.25, 0.3) is 22.6 Å². The van der Waals surface area contributed by atoms with Crippen LogP contribution in [0.15, 0.2) is 52.9 Å². The highest BCUT2D eigenvalue weighted by Crippen LogP contribution is 2.32. The highest BCUT2D eigenvalue weighted by atomic mass is 32.1. The molecule has 3 aromatic carbocycles. The van der Waals surface area contributed by atoms with Crippen LogP contribution in [0.3, 0.4) is 0 Å². The van der Waals surface area contributed by atoms with Gasteiger partial charge in [-0.3, -0.25) is 10.1 Å². The Morgan fingerprint density at radius 2 is 1.65 bits per heavy atom. The molecule has 9 heteroatoms. The molecule has 0 unspecified atom stereocenters. The Morgan fingerprint density at radius 1 is 0.973 bits per heavy atom. The molecule has 4 aromatic rings. The van der Waals surface area contributed by atoms with Crippen LogP contribution in [-0.4, -0.2) is 36.3 Å². The number of oxazole rings is 1. The third kappa shape index (κ3) is 6.00. The monoisotopic (exact) mass is 519 g/mol. The van der Waals surface area contributed by atoms with Gasteiger partial charge in [0.1, 0.15) is 22.8 Å². The summed E-state index contributed by atoms with van der Waals surface area (Å²) in [5, 5.41) is 5.85. The number of methoxy groups -OCH3 is 1. The number of carbonyl (C=O) groups excluding carboxylic acids is 1. The lowest BCUT2D eigenvalue weighted by Crippen LogP contribution is -2.34. The quantitative estimate of drug-likeness (QED) is 0.272. The summed E-state index contributed by atoms with van der Waals surface area (Å²) in [6.45, 7) is 8.75. The minimum Gasteiger partial charge on any atom is -0.495 e. The van der Waals surface area contributed by atoms with Gasteiger partial charge in [-0.05, 0) is 93.5 Å². The maximum Gasteiger partial charge on any atom is 0.257 e. The Balaban J connectivity index is 1.55. The first-order chi connectivity index (χ1) is 17.8. The highest BCUT2D eigenvalue weighted by Gasteiger charge is 2.16. The van der Waals surface area contributed by atoms with E-state index in [4.69, 9.17) is 30.8 Å². The summed E-state index contributed by atoms with van der Waals surface area (Å²) in [5.41, 5.74) is 5.42. The number of fused-ring (bicyclic) bond motifs is 1.